The molecule has 0 saturated carbocycles. The van der Waals surface area contributed by atoms with Gasteiger partial charge in [-0.05, 0) is 5.56 Å². The normalized spacial score (nSPS) is 11.8. The zero-order valence-corrected chi connectivity index (χ0v) is 8.89. The van der Waals surface area contributed by atoms with Crippen LogP contribution in [-0.2, 0) is 18.8 Å². The van der Waals surface area contributed by atoms with Gasteiger partial charge in [0, 0.05) is 6.20 Å². The van der Waals surface area contributed by atoms with Crippen LogP contribution in [0.25, 0.3) is 0 Å². The molecule has 0 aliphatic rings. The Hall–Kier alpha value is -2.29. The predicted octanol–water partition coefficient (Wildman–Crippen LogP) is 3.06. The van der Waals surface area contributed by atoms with Crippen molar-refractivity contribution in [1.29, 1.82) is 10.5 Å². The average molecular weight is 279 g/mol. The Balaban J connectivity index is 3.77. The molecule has 1 aromatic rings. The quantitative estimate of drug-likeness (QED) is 0.742. The summed E-state index contributed by atoms with van der Waals surface area (Å²) in [7, 11) is 0. The number of alkyl halides is 6. The molecule has 1 heterocycles. The van der Waals surface area contributed by atoms with Crippen LogP contribution in [0.3, 0.4) is 0 Å². The molecule has 0 fully saturated rings. The van der Waals surface area contributed by atoms with Gasteiger partial charge in [0.05, 0.1) is 23.6 Å². The lowest BCUT2D eigenvalue weighted by Crippen LogP contribution is -2.21. The molecule has 0 radical (unpaired) electrons. The highest BCUT2D eigenvalue weighted by molar-refractivity contribution is 5.46. The van der Waals surface area contributed by atoms with Crippen molar-refractivity contribution in [3.8, 4) is 12.1 Å². The molecular formula is C10H3F6N3. The summed E-state index contributed by atoms with van der Waals surface area (Å²) in [5, 5.41) is 17.0. The molecule has 0 bridgehead atoms. The summed E-state index contributed by atoms with van der Waals surface area (Å²) in [6.45, 7) is 0. The monoisotopic (exact) mass is 279 g/mol. The van der Waals surface area contributed by atoms with Gasteiger partial charge in [-0.1, -0.05) is 0 Å². The van der Waals surface area contributed by atoms with Gasteiger partial charge in [-0.3, -0.25) is 0 Å². The molecule has 0 spiro atoms. The summed E-state index contributed by atoms with van der Waals surface area (Å²) in [4.78, 5) is 2.65. The Morgan fingerprint density at radius 3 is 2.00 bits per heavy atom. The van der Waals surface area contributed by atoms with E-state index in [1.54, 1.807) is 0 Å². The zero-order chi connectivity index (χ0) is 14.8. The van der Waals surface area contributed by atoms with Crippen LogP contribution in [0.5, 0.6) is 0 Å². The standard InChI is InChI=1S/C10H3F6N3/c11-9(12,13)7-6(1-2-17)5(3-18)4-19-8(7)10(14,15)16/h4H,1H2. The zero-order valence-electron chi connectivity index (χ0n) is 8.89. The van der Waals surface area contributed by atoms with Crippen molar-refractivity contribution < 1.29 is 26.3 Å². The molecular weight excluding hydrogens is 276 g/mol. The van der Waals surface area contributed by atoms with Crippen LogP contribution in [0.4, 0.5) is 26.3 Å². The molecule has 0 saturated heterocycles. The lowest BCUT2D eigenvalue weighted by molar-refractivity contribution is -0.165. The highest BCUT2D eigenvalue weighted by atomic mass is 19.4. The Morgan fingerprint density at radius 2 is 1.63 bits per heavy atom. The molecule has 1 aromatic heterocycles. The number of nitriles is 2. The molecule has 0 unspecified atom stereocenters. The van der Waals surface area contributed by atoms with Gasteiger partial charge in [0.1, 0.15) is 6.07 Å². The minimum atomic E-state index is -5.36. The number of hydrogen-bond donors (Lipinski definition) is 0. The van der Waals surface area contributed by atoms with Crippen LogP contribution in [0, 0.1) is 22.7 Å². The Labute approximate surface area is 102 Å². The molecule has 3 nitrogen and oxygen atoms in total. The summed E-state index contributed by atoms with van der Waals surface area (Å²) in [5.74, 6) is 0. The molecule has 0 N–H and O–H groups in total. The molecule has 1 rings (SSSR count). The maximum absolute atomic E-state index is 12.7. The van der Waals surface area contributed by atoms with Gasteiger partial charge in [0.2, 0.25) is 0 Å². The highest BCUT2D eigenvalue weighted by Gasteiger charge is 2.46. The van der Waals surface area contributed by atoms with Gasteiger partial charge in [-0.15, -0.1) is 0 Å². The summed E-state index contributed by atoms with van der Waals surface area (Å²) in [5.41, 5.74) is -5.95. The van der Waals surface area contributed by atoms with E-state index < -0.39 is 41.2 Å². The van der Waals surface area contributed by atoms with Crippen molar-refractivity contribution in [2.24, 2.45) is 0 Å². The van der Waals surface area contributed by atoms with Crippen molar-refractivity contribution in [2.45, 2.75) is 18.8 Å². The SMILES string of the molecule is N#CCc1c(C#N)cnc(C(F)(F)F)c1C(F)(F)F. The average Bonchev–Trinajstić information content (AvgIpc) is 2.26. The van der Waals surface area contributed by atoms with E-state index in [0.717, 1.165) is 0 Å². The first-order valence-electron chi connectivity index (χ1n) is 4.56. The topological polar surface area (TPSA) is 60.5 Å². The minimum Gasteiger partial charge on any atom is -0.250 e. The molecule has 0 aliphatic heterocycles. The number of nitrogens with zero attached hydrogens (tertiary/aromatic N) is 3. The van der Waals surface area contributed by atoms with Gasteiger partial charge in [0.25, 0.3) is 0 Å². The van der Waals surface area contributed by atoms with Gasteiger partial charge < -0.3 is 0 Å². The molecule has 0 amide bonds. The maximum atomic E-state index is 12.7. The predicted molar refractivity (Wildman–Crippen MR) is 48.3 cm³/mol. The number of pyridine rings is 1. The third kappa shape index (κ3) is 2.94. The fraction of sp³-hybridized carbons (Fsp3) is 0.300. The first kappa shape index (κ1) is 14.8. The number of halogens is 6. The molecule has 0 aliphatic carbocycles. The van der Waals surface area contributed by atoms with Gasteiger partial charge in [0.15, 0.2) is 5.69 Å². The van der Waals surface area contributed by atoms with E-state index in [0.29, 0.717) is 6.20 Å². The van der Waals surface area contributed by atoms with Crippen LogP contribution in [0.2, 0.25) is 0 Å². The van der Waals surface area contributed by atoms with Crippen molar-refractivity contribution in [1.82, 2.24) is 4.98 Å². The first-order valence-corrected chi connectivity index (χ1v) is 4.56. The smallest absolute Gasteiger partial charge is 0.250 e. The second-order valence-electron chi connectivity index (χ2n) is 3.32. The third-order valence-corrected chi connectivity index (χ3v) is 2.11. The van der Waals surface area contributed by atoms with E-state index in [1.165, 1.54) is 12.1 Å². The second kappa shape index (κ2) is 4.76. The van der Waals surface area contributed by atoms with E-state index >= 15 is 0 Å². The fourth-order valence-electron chi connectivity index (χ4n) is 1.43. The largest absolute Gasteiger partial charge is 0.433 e. The van der Waals surface area contributed by atoms with E-state index in [4.69, 9.17) is 10.5 Å². The Morgan fingerprint density at radius 1 is 1.05 bits per heavy atom. The summed E-state index contributed by atoms with van der Waals surface area (Å²) < 4.78 is 75.7. The number of rotatable bonds is 1. The molecule has 100 valence electrons. The minimum absolute atomic E-state index is 0.380. The summed E-state index contributed by atoms with van der Waals surface area (Å²) in [6.07, 6.45) is -11.3. The highest BCUT2D eigenvalue weighted by Crippen LogP contribution is 2.41. The van der Waals surface area contributed by atoms with Crippen LogP contribution >= 0.6 is 0 Å². The third-order valence-electron chi connectivity index (χ3n) is 2.11. The number of hydrogen-bond acceptors (Lipinski definition) is 3. The second-order valence-corrected chi connectivity index (χ2v) is 3.32. The summed E-state index contributed by atoms with van der Waals surface area (Å²) >= 11 is 0. The molecule has 0 atom stereocenters. The van der Waals surface area contributed by atoms with E-state index in [-0.39, 0.29) is 0 Å². The molecule has 0 aromatic carbocycles. The van der Waals surface area contributed by atoms with Crippen LogP contribution in [0.15, 0.2) is 6.20 Å². The van der Waals surface area contributed by atoms with Crippen molar-refractivity contribution in [3.63, 3.8) is 0 Å². The van der Waals surface area contributed by atoms with E-state index in [9.17, 15) is 26.3 Å². The van der Waals surface area contributed by atoms with E-state index in [2.05, 4.69) is 4.98 Å². The Bertz CT molecular complexity index is 573. The lowest BCUT2D eigenvalue weighted by Gasteiger charge is -2.17. The molecule has 9 heteroatoms. The van der Waals surface area contributed by atoms with Crippen molar-refractivity contribution in [3.05, 3.63) is 28.6 Å². The van der Waals surface area contributed by atoms with Crippen LogP contribution in [0.1, 0.15) is 22.4 Å². The van der Waals surface area contributed by atoms with Gasteiger partial charge in [-0.2, -0.15) is 36.9 Å². The first-order chi connectivity index (χ1) is 8.62. The van der Waals surface area contributed by atoms with Crippen LogP contribution < -0.4 is 0 Å². The summed E-state index contributed by atoms with van der Waals surface area (Å²) in [6, 6.07) is 2.59. The van der Waals surface area contributed by atoms with Gasteiger partial charge in [-0.25, -0.2) is 4.98 Å². The maximum Gasteiger partial charge on any atom is 0.433 e. The van der Waals surface area contributed by atoms with Crippen molar-refractivity contribution in [2.75, 3.05) is 0 Å². The van der Waals surface area contributed by atoms with Gasteiger partial charge >= 0.3 is 12.4 Å². The van der Waals surface area contributed by atoms with Crippen molar-refractivity contribution >= 4 is 0 Å². The van der Waals surface area contributed by atoms with E-state index in [1.807, 2.05) is 0 Å². The number of aromatic nitrogens is 1. The Kier molecular flexibility index (Phi) is 3.70. The lowest BCUT2D eigenvalue weighted by atomic mass is 9.98. The molecule has 19 heavy (non-hydrogen) atoms. The van der Waals surface area contributed by atoms with Crippen LogP contribution in [-0.4, -0.2) is 4.98 Å². The fourth-order valence-corrected chi connectivity index (χ4v) is 1.43.